The third-order valence-corrected chi connectivity index (χ3v) is 12.5. The summed E-state index contributed by atoms with van der Waals surface area (Å²) in [4.78, 5) is 5.07. The van der Waals surface area contributed by atoms with Crippen LogP contribution in [0.4, 0.5) is 0 Å². The molecule has 0 N–H and O–H groups in total. The van der Waals surface area contributed by atoms with E-state index in [1.54, 1.807) is 0 Å². The van der Waals surface area contributed by atoms with Gasteiger partial charge in [0, 0.05) is 11.8 Å². The van der Waals surface area contributed by atoms with Crippen LogP contribution in [0.5, 0.6) is 0 Å². The molecule has 0 aliphatic heterocycles. The summed E-state index contributed by atoms with van der Waals surface area (Å²) < 4.78 is 2.36. The zero-order valence-electron chi connectivity index (χ0n) is 32.7. The van der Waals surface area contributed by atoms with Crippen LogP contribution in [-0.4, -0.2) is 9.55 Å². The molecule has 1 aromatic heterocycles. The second kappa shape index (κ2) is 13.3. The third-order valence-electron chi connectivity index (χ3n) is 12.5. The number of benzene rings is 11. The molecule has 12 aromatic rings. The van der Waals surface area contributed by atoms with Crippen LogP contribution in [-0.2, 0) is 6.42 Å². The largest absolute Gasteiger partial charge is 0.296 e. The van der Waals surface area contributed by atoms with E-state index in [2.05, 4.69) is 212 Å². The second-order valence-corrected chi connectivity index (χ2v) is 15.7. The maximum Gasteiger partial charge on any atom is 0.114 e. The molecule has 0 aliphatic carbocycles. The van der Waals surface area contributed by atoms with Crippen molar-refractivity contribution in [3.05, 3.63) is 206 Å². The molecule has 0 saturated heterocycles. The standard InChI is InChI=1S/C57H38N2/c1-2-54-58-51-26-14-15-27-53(51)59(54)52-33-32-47(41-20-8-10-22-43(41)52)56-45-24-12-13-25-46(45)57(48-31-30-38(34-50(48)56)36-16-4-3-5-17-36)49-35-39-29-28-37-18-6-7-19-40(37)55(39)44-23-11-9-21-42(44)49/h3-35H,2H2,1H3. The number of rotatable bonds is 5. The Balaban J connectivity index is 1.21. The summed E-state index contributed by atoms with van der Waals surface area (Å²) in [6.45, 7) is 2.19. The Morgan fingerprint density at radius 1 is 0.390 bits per heavy atom. The molecule has 0 fully saturated rings. The summed E-state index contributed by atoms with van der Waals surface area (Å²) >= 11 is 0. The van der Waals surface area contributed by atoms with Gasteiger partial charge in [-0.25, -0.2) is 4.98 Å². The van der Waals surface area contributed by atoms with Gasteiger partial charge in [-0.05, 0) is 123 Å². The van der Waals surface area contributed by atoms with Crippen molar-refractivity contribution in [2.75, 3.05) is 0 Å². The van der Waals surface area contributed by atoms with Crippen molar-refractivity contribution in [3.63, 3.8) is 0 Å². The zero-order valence-corrected chi connectivity index (χ0v) is 32.7. The molecule has 0 bridgehead atoms. The molecular formula is C57H38N2. The quantitative estimate of drug-likeness (QED) is 0.127. The van der Waals surface area contributed by atoms with E-state index in [4.69, 9.17) is 4.98 Å². The first kappa shape index (κ1) is 33.6. The molecule has 0 aliphatic rings. The van der Waals surface area contributed by atoms with Crippen LogP contribution < -0.4 is 0 Å². The summed E-state index contributed by atoms with van der Waals surface area (Å²) in [5.41, 5.74) is 10.7. The number of aryl methyl sites for hydroxylation is 1. The highest BCUT2D eigenvalue weighted by molar-refractivity contribution is 6.29. The fourth-order valence-corrected chi connectivity index (χ4v) is 9.93. The van der Waals surface area contributed by atoms with E-state index < -0.39 is 0 Å². The van der Waals surface area contributed by atoms with Gasteiger partial charge in [-0.15, -0.1) is 0 Å². The van der Waals surface area contributed by atoms with E-state index in [9.17, 15) is 0 Å². The number of nitrogens with zero attached hydrogens (tertiary/aromatic N) is 2. The van der Waals surface area contributed by atoms with Gasteiger partial charge in [-0.3, -0.25) is 4.57 Å². The van der Waals surface area contributed by atoms with Crippen LogP contribution in [0.25, 0.3) is 115 Å². The van der Waals surface area contributed by atoms with Gasteiger partial charge in [-0.2, -0.15) is 0 Å². The minimum Gasteiger partial charge on any atom is -0.296 e. The van der Waals surface area contributed by atoms with Gasteiger partial charge in [0.05, 0.1) is 16.7 Å². The van der Waals surface area contributed by atoms with Crippen molar-refractivity contribution in [1.29, 1.82) is 0 Å². The van der Waals surface area contributed by atoms with Gasteiger partial charge in [-0.1, -0.05) is 177 Å². The summed E-state index contributed by atoms with van der Waals surface area (Å²) in [5.74, 6) is 1.06. The van der Waals surface area contributed by atoms with E-state index in [-0.39, 0.29) is 0 Å². The molecule has 0 radical (unpaired) electrons. The van der Waals surface area contributed by atoms with Gasteiger partial charge < -0.3 is 0 Å². The highest BCUT2D eigenvalue weighted by atomic mass is 15.1. The average Bonchev–Trinajstić information content (AvgIpc) is 3.69. The Morgan fingerprint density at radius 3 is 1.76 bits per heavy atom. The van der Waals surface area contributed by atoms with E-state index in [0.717, 1.165) is 29.0 Å². The molecule has 276 valence electrons. The zero-order chi connectivity index (χ0) is 39.0. The van der Waals surface area contributed by atoms with Crippen LogP contribution in [0.3, 0.4) is 0 Å². The Morgan fingerprint density at radius 2 is 0.983 bits per heavy atom. The van der Waals surface area contributed by atoms with E-state index in [1.807, 2.05) is 0 Å². The molecule has 0 amide bonds. The van der Waals surface area contributed by atoms with Gasteiger partial charge in [0.15, 0.2) is 0 Å². The van der Waals surface area contributed by atoms with Crippen LogP contribution >= 0.6 is 0 Å². The molecule has 2 nitrogen and oxygen atoms in total. The molecule has 59 heavy (non-hydrogen) atoms. The second-order valence-electron chi connectivity index (χ2n) is 15.7. The van der Waals surface area contributed by atoms with E-state index in [0.29, 0.717) is 0 Å². The van der Waals surface area contributed by atoms with Crippen molar-refractivity contribution in [2.45, 2.75) is 13.3 Å². The lowest BCUT2D eigenvalue weighted by atomic mass is 9.82. The summed E-state index contributed by atoms with van der Waals surface area (Å²) in [6, 6.07) is 73.9. The van der Waals surface area contributed by atoms with Gasteiger partial charge in [0.2, 0.25) is 0 Å². The number of hydrogen-bond donors (Lipinski definition) is 0. The highest BCUT2D eigenvalue weighted by Crippen LogP contribution is 2.49. The fraction of sp³-hybridized carbons (Fsp3) is 0.0351. The van der Waals surface area contributed by atoms with Crippen LogP contribution in [0.1, 0.15) is 12.7 Å². The topological polar surface area (TPSA) is 17.8 Å². The lowest BCUT2D eigenvalue weighted by molar-refractivity contribution is 0.913. The normalized spacial score (nSPS) is 11.9. The lowest BCUT2D eigenvalue weighted by Crippen LogP contribution is -2.01. The molecule has 0 saturated carbocycles. The van der Waals surface area contributed by atoms with Crippen LogP contribution in [0.15, 0.2) is 200 Å². The van der Waals surface area contributed by atoms with Crippen molar-refractivity contribution < 1.29 is 0 Å². The van der Waals surface area contributed by atoms with Crippen molar-refractivity contribution in [3.8, 4) is 39.1 Å². The Kier molecular flexibility index (Phi) is 7.55. The number of hydrogen-bond acceptors (Lipinski definition) is 1. The van der Waals surface area contributed by atoms with Crippen molar-refractivity contribution in [2.24, 2.45) is 0 Å². The minimum absolute atomic E-state index is 0.837. The first-order valence-electron chi connectivity index (χ1n) is 20.6. The molecule has 1 heterocycles. The SMILES string of the molecule is CCc1nc2ccccc2n1-c1ccc(-c2c3ccccc3c(-c3cc4ccc5ccccc5c4c4ccccc34)c3ccc(-c4ccccc4)cc23)c2ccccc12. The highest BCUT2D eigenvalue weighted by Gasteiger charge is 2.23. The smallest absolute Gasteiger partial charge is 0.114 e. The predicted molar refractivity (Wildman–Crippen MR) is 252 cm³/mol. The van der Waals surface area contributed by atoms with E-state index in [1.165, 1.54) is 98.0 Å². The third kappa shape index (κ3) is 5.10. The number of para-hydroxylation sites is 2. The monoisotopic (exact) mass is 750 g/mol. The molecule has 0 atom stereocenters. The average molecular weight is 751 g/mol. The Labute approximate surface area is 342 Å². The summed E-state index contributed by atoms with van der Waals surface area (Å²) in [7, 11) is 0. The maximum absolute atomic E-state index is 5.07. The molecule has 12 rings (SSSR count). The molecule has 0 unspecified atom stereocenters. The summed E-state index contributed by atoms with van der Waals surface area (Å²) in [5, 5.41) is 15.0. The summed E-state index contributed by atoms with van der Waals surface area (Å²) in [6.07, 6.45) is 0.837. The molecule has 11 aromatic carbocycles. The molecular weight excluding hydrogens is 713 g/mol. The van der Waals surface area contributed by atoms with E-state index >= 15 is 0 Å². The fourth-order valence-electron chi connectivity index (χ4n) is 9.93. The number of aromatic nitrogens is 2. The van der Waals surface area contributed by atoms with Gasteiger partial charge in [0.1, 0.15) is 5.82 Å². The number of imidazole rings is 1. The van der Waals surface area contributed by atoms with Crippen LogP contribution in [0, 0.1) is 0 Å². The minimum atomic E-state index is 0.837. The maximum atomic E-state index is 5.07. The van der Waals surface area contributed by atoms with Crippen molar-refractivity contribution in [1.82, 2.24) is 9.55 Å². The molecule has 0 spiro atoms. The Hall–Kier alpha value is -7.55. The molecule has 2 heteroatoms. The lowest BCUT2D eigenvalue weighted by Gasteiger charge is -2.22. The first-order valence-corrected chi connectivity index (χ1v) is 20.6. The van der Waals surface area contributed by atoms with Crippen molar-refractivity contribution >= 4 is 75.7 Å². The van der Waals surface area contributed by atoms with Gasteiger partial charge >= 0.3 is 0 Å². The van der Waals surface area contributed by atoms with Gasteiger partial charge in [0.25, 0.3) is 0 Å². The van der Waals surface area contributed by atoms with Crippen LogP contribution in [0.2, 0.25) is 0 Å². The first-order chi connectivity index (χ1) is 29.2. The number of fused-ring (bicyclic) bond motifs is 9. The predicted octanol–water partition coefficient (Wildman–Crippen LogP) is 15.5. The Bertz CT molecular complexity index is 3650.